The van der Waals surface area contributed by atoms with Crippen LogP contribution in [0.3, 0.4) is 0 Å². The molecule has 1 unspecified atom stereocenters. The van der Waals surface area contributed by atoms with Crippen LogP contribution < -0.4 is 34.3 Å². The first-order valence-corrected chi connectivity index (χ1v) is 15.8. The zero-order valence-electron chi connectivity index (χ0n) is 28.0. The van der Waals surface area contributed by atoms with Gasteiger partial charge in [0.1, 0.15) is 17.7 Å². The van der Waals surface area contributed by atoms with Crippen LogP contribution in [0.15, 0.2) is 60.7 Å². The molecular weight excluding hydrogens is 628 g/mol. The van der Waals surface area contributed by atoms with E-state index in [2.05, 4.69) is 10.6 Å². The summed E-state index contributed by atoms with van der Waals surface area (Å²) in [5.74, 6) is 2.32. The maximum Gasteiger partial charge on any atom is 0.255 e. The molecule has 0 saturated carbocycles. The van der Waals surface area contributed by atoms with Crippen molar-refractivity contribution in [3.05, 3.63) is 105 Å². The van der Waals surface area contributed by atoms with E-state index in [0.717, 1.165) is 27.9 Å². The van der Waals surface area contributed by atoms with Crippen LogP contribution in [0.4, 0.5) is 5.69 Å². The first-order chi connectivity index (χ1) is 23.8. The molecule has 1 atom stereocenters. The Kier molecular flexibility index (Phi) is 11.6. The van der Waals surface area contributed by atoms with Crippen molar-refractivity contribution in [3.63, 3.8) is 0 Å². The molecule has 1 amide bonds. The van der Waals surface area contributed by atoms with Gasteiger partial charge < -0.3 is 49.6 Å². The second-order valence-electron chi connectivity index (χ2n) is 11.4. The monoisotopic (exact) mass is 670 g/mol. The molecule has 5 rings (SSSR count). The molecule has 49 heavy (non-hydrogen) atoms. The minimum atomic E-state index is -0.441. The van der Waals surface area contributed by atoms with Crippen molar-refractivity contribution in [2.24, 2.45) is 0 Å². The molecule has 4 aromatic rings. The van der Waals surface area contributed by atoms with E-state index >= 15 is 0 Å². The number of carbonyl (C=O) groups excluding carboxylic acids is 1. The summed E-state index contributed by atoms with van der Waals surface area (Å²) in [5.41, 5.74) is 6.48. The number of hydrogen-bond donors (Lipinski definition) is 5. The highest BCUT2D eigenvalue weighted by atomic mass is 16.5. The summed E-state index contributed by atoms with van der Waals surface area (Å²) < 4.78 is 28.7. The van der Waals surface area contributed by atoms with E-state index in [1.54, 1.807) is 32.4 Å². The third kappa shape index (κ3) is 8.09. The fourth-order valence-corrected chi connectivity index (χ4v) is 5.65. The number of aryl methyl sites for hydroxylation is 1. The highest BCUT2D eigenvalue weighted by Crippen LogP contribution is 2.39. The summed E-state index contributed by atoms with van der Waals surface area (Å²) in [6.45, 7) is 1.90. The number of benzene rings is 4. The van der Waals surface area contributed by atoms with Crippen LogP contribution in [0.5, 0.6) is 28.7 Å². The van der Waals surface area contributed by atoms with Gasteiger partial charge in [0.05, 0.1) is 59.9 Å². The van der Waals surface area contributed by atoms with Gasteiger partial charge in [-0.3, -0.25) is 4.79 Å². The predicted octanol–water partition coefficient (Wildman–Crippen LogP) is 5.37. The molecular formula is C38H42N2O9. The van der Waals surface area contributed by atoms with E-state index in [1.807, 2.05) is 61.5 Å². The van der Waals surface area contributed by atoms with Crippen LogP contribution in [0.2, 0.25) is 0 Å². The van der Waals surface area contributed by atoms with E-state index in [-0.39, 0.29) is 25.7 Å². The van der Waals surface area contributed by atoms with Gasteiger partial charge in [0.2, 0.25) is 5.75 Å². The normalized spacial score (nSPS) is 13.8. The van der Waals surface area contributed by atoms with Gasteiger partial charge in [0, 0.05) is 23.2 Å². The maximum atomic E-state index is 12.7. The van der Waals surface area contributed by atoms with Gasteiger partial charge in [0.15, 0.2) is 11.5 Å². The summed E-state index contributed by atoms with van der Waals surface area (Å²) in [6, 6.07) is 18.4. The quantitative estimate of drug-likeness (QED) is 0.0826. The summed E-state index contributed by atoms with van der Waals surface area (Å²) in [7, 11) is 4.63. The topological polar surface area (TPSA) is 148 Å². The Bertz CT molecular complexity index is 1770. The number of nitrogens with one attached hydrogen (secondary N) is 2. The van der Waals surface area contributed by atoms with Crippen molar-refractivity contribution in [2.75, 3.05) is 39.9 Å². The second kappa shape index (κ2) is 16.2. The lowest BCUT2D eigenvalue weighted by Crippen LogP contribution is -2.38. The molecule has 1 aliphatic rings. The molecule has 11 nitrogen and oxygen atoms in total. The lowest BCUT2D eigenvalue weighted by atomic mass is 10.0. The van der Waals surface area contributed by atoms with Crippen LogP contribution >= 0.6 is 0 Å². The highest BCUT2D eigenvalue weighted by Gasteiger charge is 2.25. The third-order valence-electron chi connectivity index (χ3n) is 8.20. The van der Waals surface area contributed by atoms with Gasteiger partial charge in [0.25, 0.3) is 5.91 Å². The van der Waals surface area contributed by atoms with Gasteiger partial charge >= 0.3 is 0 Å². The maximum absolute atomic E-state index is 12.7. The van der Waals surface area contributed by atoms with Crippen LogP contribution in [0.25, 0.3) is 12.2 Å². The summed E-state index contributed by atoms with van der Waals surface area (Å²) in [5, 5.41) is 35.8. The van der Waals surface area contributed by atoms with Crippen molar-refractivity contribution in [2.45, 2.75) is 39.3 Å². The van der Waals surface area contributed by atoms with E-state index in [1.165, 1.54) is 7.11 Å². The van der Waals surface area contributed by atoms with Gasteiger partial charge in [-0.2, -0.15) is 0 Å². The number of hydrogen-bond acceptors (Lipinski definition) is 10. The van der Waals surface area contributed by atoms with Crippen molar-refractivity contribution >= 4 is 23.7 Å². The molecule has 0 aromatic heterocycles. The Hall–Kier alpha value is -5.23. The van der Waals surface area contributed by atoms with Crippen LogP contribution in [-0.2, 0) is 19.8 Å². The molecule has 0 fully saturated rings. The lowest BCUT2D eigenvalue weighted by molar-refractivity contribution is 0.0935. The van der Waals surface area contributed by atoms with Crippen LogP contribution in [0, 0.1) is 6.92 Å². The molecule has 0 radical (unpaired) electrons. The predicted molar refractivity (Wildman–Crippen MR) is 186 cm³/mol. The minimum Gasteiger partial charge on any atom is -0.496 e. The number of rotatable bonds is 15. The summed E-state index contributed by atoms with van der Waals surface area (Å²) in [4.78, 5) is 12.7. The van der Waals surface area contributed by atoms with E-state index in [0.29, 0.717) is 70.6 Å². The molecule has 258 valence electrons. The fourth-order valence-electron chi connectivity index (χ4n) is 5.65. The molecule has 4 aromatic carbocycles. The van der Waals surface area contributed by atoms with Gasteiger partial charge in [-0.15, -0.1) is 0 Å². The number of ether oxygens (including phenoxy) is 5. The van der Waals surface area contributed by atoms with E-state index < -0.39 is 6.17 Å². The van der Waals surface area contributed by atoms with Gasteiger partial charge in [-0.25, -0.2) is 0 Å². The molecule has 11 heteroatoms. The molecule has 1 aliphatic heterocycles. The molecule has 0 bridgehead atoms. The van der Waals surface area contributed by atoms with Crippen LogP contribution in [-0.4, -0.2) is 55.8 Å². The number of aliphatic hydroxyl groups excluding tert-OH is 3. The Balaban J connectivity index is 1.20. The van der Waals surface area contributed by atoms with Crippen molar-refractivity contribution in [3.8, 4) is 28.7 Å². The Morgan fingerprint density at radius 2 is 1.35 bits per heavy atom. The molecule has 0 spiro atoms. The molecule has 0 saturated heterocycles. The molecule has 0 aliphatic carbocycles. The number of fused-ring (bicyclic) bond motifs is 1. The SMILES string of the molecule is COc1cc(C=Cc2cc(OC)c(OCCCOc3ccc(C4NC(=O)c5cc(C)ccc5N4)cc3CO)c(OC)c2)cc(CO)c1CO. The van der Waals surface area contributed by atoms with Gasteiger partial charge in [-0.1, -0.05) is 29.8 Å². The molecule has 5 N–H and O–H groups in total. The van der Waals surface area contributed by atoms with Gasteiger partial charge in [-0.05, 0) is 77.7 Å². The smallest absolute Gasteiger partial charge is 0.255 e. The zero-order valence-corrected chi connectivity index (χ0v) is 28.0. The third-order valence-corrected chi connectivity index (χ3v) is 8.20. The minimum absolute atomic E-state index is 0.156. The summed E-state index contributed by atoms with van der Waals surface area (Å²) in [6.07, 6.45) is 3.84. The fraction of sp³-hybridized carbons (Fsp3) is 0.289. The van der Waals surface area contributed by atoms with Crippen LogP contribution in [0.1, 0.15) is 61.9 Å². The average Bonchev–Trinajstić information content (AvgIpc) is 3.13. The zero-order chi connectivity index (χ0) is 34.9. The molecule has 1 heterocycles. The lowest BCUT2D eigenvalue weighted by Gasteiger charge is -2.29. The average molecular weight is 671 g/mol. The number of amides is 1. The standard InChI is InChI=1S/C38H42N2O9/c1-23-6-10-31-29(14-23)38(44)40-37(39-31)26-9-11-32(28(19-26)21-42)48-12-5-13-49-36-34(46-3)17-25(18-35(36)47-4)8-7-24-15-27(20-41)30(22-43)33(16-24)45-2/h6-11,14-19,37,39,41-43H,5,12-13,20-22H2,1-4H3,(H,40,44). The number of aliphatic hydroxyl groups is 3. The van der Waals surface area contributed by atoms with Crippen molar-refractivity contribution < 1.29 is 43.8 Å². The Labute approximate surface area is 285 Å². The largest absolute Gasteiger partial charge is 0.496 e. The van der Waals surface area contributed by atoms with Crippen molar-refractivity contribution in [1.82, 2.24) is 5.32 Å². The van der Waals surface area contributed by atoms with Crippen molar-refractivity contribution in [1.29, 1.82) is 0 Å². The second-order valence-corrected chi connectivity index (χ2v) is 11.4. The van der Waals surface area contributed by atoms with E-state index in [9.17, 15) is 20.1 Å². The Morgan fingerprint density at radius 3 is 2.00 bits per heavy atom. The van der Waals surface area contributed by atoms with E-state index in [4.69, 9.17) is 23.7 Å². The first-order valence-electron chi connectivity index (χ1n) is 15.8. The Morgan fingerprint density at radius 1 is 0.694 bits per heavy atom. The first kappa shape index (κ1) is 35.1. The number of carbonyl (C=O) groups is 1. The number of methoxy groups -OCH3 is 3. The number of anilines is 1. The highest BCUT2D eigenvalue weighted by molar-refractivity contribution is 6.01. The summed E-state index contributed by atoms with van der Waals surface area (Å²) >= 11 is 0.